The minimum atomic E-state index is -1.61. The lowest BCUT2D eigenvalue weighted by Gasteiger charge is -2.50. The number of methoxy groups -OCH3 is 1. The van der Waals surface area contributed by atoms with Crippen molar-refractivity contribution in [1.29, 1.82) is 0 Å². The number of phenols is 1. The van der Waals surface area contributed by atoms with Crippen LogP contribution < -0.4 is 10.2 Å². The largest absolute Gasteiger partial charge is 0.503 e. The maximum absolute atomic E-state index is 15.4. The Morgan fingerprint density at radius 3 is 2.28 bits per heavy atom. The number of amides is 4. The van der Waals surface area contributed by atoms with Crippen molar-refractivity contribution >= 4 is 52.5 Å². The Morgan fingerprint density at radius 1 is 0.879 bits per heavy atom. The van der Waals surface area contributed by atoms with Gasteiger partial charge in [0.05, 0.1) is 41.0 Å². The van der Waals surface area contributed by atoms with Crippen LogP contribution in [0.2, 0.25) is 10.0 Å². The van der Waals surface area contributed by atoms with Gasteiger partial charge in [0.1, 0.15) is 5.82 Å². The van der Waals surface area contributed by atoms with E-state index in [2.05, 4.69) is 22.5 Å². The molecule has 0 bridgehead atoms. The van der Waals surface area contributed by atoms with Crippen molar-refractivity contribution in [3.8, 4) is 11.5 Å². The number of halogens is 3. The highest BCUT2D eigenvalue weighted by Crippen LogP contribution is 2.65. The molecule has 0 unspecified atom stereocenters. The number of piperidine rings is 1. The number of benzene rings is 4. The number of aromatic hydroxyl groups is 1. The van der Waals surface area contributed by atoms with E-state index in [1.54, 1.807) is 36.4 Å². The molecule has 3 aliphatic heterocycles. The van der Waals surface area contributed by atoms with Gasteiger partial charge in [0.2, 0.25) is 11.8 Å². The van der Waals surface area contributed by atoms with E-state index >= 15 is 4.79 Å². The van der Waals surface area contributed by atoms with Crippen LogP contribution in [-0.4, -0.2) is 69.8 Å². The van der Waals surface area contributed by atoms with E-state index in [-0.39, 0.29) is 47.2 Å². The van der Waals surface area contributed by atoms with E-state index in [0.29, 0.717) is 34.7 Å². The lowest BCUT2D eigenvalue weighted by Crippen LogP contribution is -2.53. The summed E-state index contributed by atoms with van der Waals surface area (Å²) in [7, 11) is 1.39. The van der Waals surface area contributed by atoms with Gasteiger partial charge in [-0.05, 0) is 96.8 Å². The summed E-state index contributed by atoms with van der Waals surface area (Å²) in [6, 6.07) is 25.3. The first kappa shape index (κ1) is 38.3. The van der Waals surface area contributed by atoms with Gasteiger partial charge in [-0.1, -0.05) is 77.3 Å². The summed E-state index contributed by atoms with van der Waals surface area (Å²) >= 11 is 13.1. The summed E-state index contributed by atoms with van der Waals surface area (Å²) in [5, 5.41) is 12.3. The molecule has 2 N–H and O–H groups in total. The molecule has 4 aromatic rings. The predicted octanol–water partition coefficient (Wildman–Crippen LogP) is 7.50. The molecule has 4 amide bonds. The van der Waals surface area contributed by atoms with Crippen molar-refractivity contribution in [2.45, 2.75) is 49.6 Å². The first-order valence-electron chi connectivity index (χ1n) is 19.6. The zero-order valence-electron chi connectivity index (χ0n) is 31.6. The number of rotatable bonds is 8. The van der Waals surface area contributed by atoms with Crippen molar-refractivity contribution in [3.05, 3.63) is 135 Å². The molecular formula is C45H41Cl2FN4O6. The van der Waals surface area contributed by atoms with Gasteiger partial charge in [-0.3, -0.25) is 34.4 Å². The summed E-state index contributed by atoms with van der Waals surface area (Å²) in [5.74, 6) is -6.14. The average Bonchev–Trinajstić information content (AvgIpc) is 3.61. The van der Waals surface area contributed by atoms with Gasteiger partial charge >= 0.3 is 0 Å². The van der Waals surface area contributed by atoms with Crippen LogP contribution in [0.15, 0.2) is 103 Å². The third-order valence-electron chi connectivity index (χ3n) is 13.1. The summed E-state index contributed by atoms with van der Waals surface area (Å²) < 4.78 is 19.5. The topological polar surface area (TPSA) is 119 Å². The Bertz CT molecular complexity index is 2340. The first-order valence-corrected chi connectivity index (χ1v) is 20.3. The number of likely N-dealkylation sites (tertiary alicyclic amines) is 2. The van der Waals surface area contributed by atoms with E-state index in [1.807, 2.05) is 24.3 Å². The molecule has 3 heterocycles. The number of imide groups is 2. The summed E-state index contributed by atoms with van der Waals surface area (Å²) in [5.41, 5.74) is 4.61. The third-order valence-corrected chi connectivity index (χ3v) is 13.6. The molecule has 4 aromatic carbocycles. The maximum atomic E-state index is 15.4. The predicted molar refractivity (Wildman–Crippen MR) is 215 cm³/mol. The van der Waals surface area contributed by atoms with E-state index in [1.165, 1.54) is 41.8 Å². The molecule has 3 saturated heterocycles. The number of allylic oxidation sites excluding steroid dienone is 2. The van der Waals surface area contributed by atoms with Crippen LogP contribution in [0.25, 0.3) is 0 Å². The van der Waals surface area contributed by atoms with Gasteiger partial charge in [-0.25, -0.2) is 4.39 Å². The second-order valence-corrected chi connectivity index (χ2v) is 16.8. The van der Waals surface area contributed by atoms with Crippen molar-refractivity contribution < 1.29 is 33.4 Å². The Kier molecular flexibility index (Phi) is 9.81. The summed E-state index contributed by atoms with van der Waals surface area (Å²) in [6.45, 7) is 2.27. The zero-order chi connectivity index (χ0) is 40.5. The number of nitrogens with one attached hydrogen (secondary N) is 1. The van der Waals surface area contributed by atoms with Gasteiger partial charge < -0.3 is 9.84 Å². The number of carbonyl (C=O) groups excluding carboxylic acids is 4. The number of hydrogen-bond donors (Lipinski definition) is 2. The number of hydrogen-bond acceptors (Lipinski definition) is 8. The molecule has 0 radical (unpaired) electrons. The quantitative estimate of drug-likeness (QED) is 0.139. The van der Waals surface area contributed by atoms with Crippen molar-refractivity contribution in [2.24, 2.45) is 23.7 Å². The van der Waals surface area contributed by atoms with E-state index in [4.69, 9.17) is 27.9 Å². The van der Waals surface area contributed by atoms with Crippen LogP contribution in [-0.2, 0) is 31.1 Å². The fourth-order valence-electron chi connectivity index (χ4n) is 10.5. The van der Waals surface area contributed by atoms with Crippen LogP contribution in [0.3, 0.4) is 0 Å². The second-order valence-electron chi connectivity index (χ2n) is 16.0. The fraction of sp³-hybridized carbons (Fsp3) is 0.333. The number of nitrogens with zero attached hydrogens (tertiary/aromatic N) is 3. The number of carbonyl (C=O) groups is 4. The minimum Gasteiger partial charge on any atom is -0.503 e. The molecule has 0 aromatic heterocycles. The molecule has 13 heteroatoms. The van der Waals surface area contributed by atoms with Gasteiger partial charge in [-0.2, -0.15) is 5.01 Å². The Hall–Kier alpha value is -5.23. The number of phenolic OH excluding ortho intramolecular Hbond substituents is 1. The van der Waals surface area contributed by atoms with Crippen LogP contribution in [0, 0.1) is 29.5 Å². The van der Waals surface area contributed by atoms with Crippen LogP contribution in [0.4, 0.5) is 10.1 Å². The molecule has 1 saturated carbocycles. The molecular weight excluding hydrogens is 782 g/mol. The van der Waals surface area contributed by atoms with Crippen LogP contribution in [0.5, 0.6) is 11.5 Å². The summed E-state index contributed by atoms with van der Waals surface area (Å²) in [6.07, 6.45) is 3.65. The van der Waals surface area contributed by atoms with E-state index < -0.39 is 52.6 Å². The SMILES string of the molecule is COc1cc([C@H]2C3=CC[C@@H]4C(=O)N(C5CCN(Cc6ccccc6)CC5)C(=O)[C@@H]4[C@@H]3C[C@H]3C(=O)N(Nc4ccc(F)cc4)C(=O)[C@@]23c2ccc(Cl)cc2)cc(Cl)c1O. The van der Waals surface area contributed by atoms with Crippen LogP contribution >= 0.6 is 23.2 Å². The van der Waals surface area contributed by atoms with Gasteiger partial charge in [0.25, 0.3) is 11.8 Å². The molecule has 10 nitrogen and oxygen atoms in total. The third kappa shape index (κ3) is 6.08. The smallest absolute Gasteiger partial charge is 0.260 e. The zero-order valence-corrected chi connectivity index (χ0v) is 33.1. The summed E-state index contributed by atoms with van der Waals surface area (Å²) in [4.78, 5) is 63.4. The van der Waals surface area contributed by atoms with Gasteiger partial charge in [-0.15, -0.1) is 0 Å². The average molecular weight is 824 g/mol. The molecule has 6 atom stereocenters. The normalized spacial score (nSPS) is 27.3. The highest BCUT2D eigenvalue weighted by molar-refractivity contribution is 6.32. The van der Waals surface area contributed by atoms with Crippen LogP contribution in [0.1, 0.15) is 48.3 Å². The molecule has 4 fully saturated rings. The standard InChI is InChI=1S/C45H41Cl2FN4O6/c1-58-37-22-26(21-36(47)40(37)53)39-32-15-16-33-38(43(56)51(41(33)54)31-17-19-50(20-18-31)24-25-5-3-2-4-6-25)34(32)23-35-42(55)52(49-30-13-11-29(48)12-14-30)44(57)45(35,39)27-7-9-28(46)10-8-27/h2-15,21-22,31,33-35,38-39,49,53H,16-20,23-24H2,1H3/t33-,34+,35-,38-,39-,45+/m0/s1. The van der Waals surface area contributed by atoms with Gasteiger partial charge in [0.15, 0.2) is 11.5 Å². The molecule has 0 spiro atoms. The number of hydrazine groups is 1. The Morgan fingerprint density at radius 2 is 1.59 bits per heavy atom. The Labute approximate surface area is 345 Å². The highest BCUT2D eigenvalue weighted by Gasteiger charge is 2.70. The minimum absolute atomic E-state index is 0.0245. The van der Waals surface area contributed by atoms with Crippen molar-refractivity contribution in [2.75, 3.05) is 25.6 Å². The number of fused-ring (bicyclic) bond motifs is 4. The number of ether oxygens (including phenoxy) is 1. The lowest BCUT2D eigenvalue weighted by atomic mass is 9.49. The molecule has 298 valence electrons. The Balaban J connectivity index is 1.13. The number of anilines is 1. The monoisotopic (exact) mass is 822 g/mol. The van der Waals surface area contributed by atoms with Gasteiger partial charge in [0, 0.05) is 36.6 Å². The molecule has 9 rings (SSSR count). The lowest BCUT2D eigenvalue weighted by molar-refractivity contribution is -0.144. The van der Waals surface area contributed by atoms with Crippen molar-refractivity contribution in [1.82, 2.24) is 14.8 Å². The molecule has 2 aliphatic carbocycles. The first-order chi connectivity index (χ1) is 28.0. The van der Waals surface area contributed by atoms with E-state index in [9.17, 15) is 23.9 Å². The fourth-order valence-corrected chi connectivity index (χ4v) is 10.9. The van der Waals surface area contributed by atoms with Crippen molar-refractivity contribution in [3.63, 3.8) is 0 Å². The maximum Gasteiger partial charge on any atom is 0.260 e. The van der Waals surface area contributed by atoms with E-state index in [0.717, 1.165) is 30.2 Å². The molecule has 58 heavy (non-hydrogen) atoms. The molecule has 5 aliphatic rings. The highest BCUT2D eigenvalue weighted by atomic mass is 35.5. The second kappa shape index (κ2) is 14.9.